The first kappa shape index (κ1) is 17.0. The average molecular weight is 361 g/mol. The van der Waals surface area contributed by atoms with Crippen molar-refractivity contribution in [2.24, 2.45) is 0 Å². The molecule has 0 radical (unpaired) electrons. The summed E-state index contributed by atoms with van der Waals surface area (Å²) in [5.41, 5.74) is 0.592. The van der Waals surface area contributed by atoms with E-state index < -0.39 is 0 Å². The van der Waals surface area contributed by atoms with Gasteiger partial charge in [-0.25, -0.2) is 9.37 Å². The highest BCUT2D eigenvalue weighted by Crippen LogP contribution is 2.30. The van der Waals surface area contributed by atoms with Gasteiger partial charge in [0.25, 0.3) is 5.56 Å². The number of hydrogen-bond donors (Lipinski definition) is 1. The molecule has 0 aliphatic rings. The van der Waals surface area contributed by atoms with E-state index in [-0.39, 0.29) is 22.2 Å². The minimum absolute atomic E-state index is 0.177. The van der Waals surface area contributed by atoms with E-state index in [0.29, 0.717) is 28.0 Å². The monoisotopic (exact) mass is 360 g/mol. The molecule has 0 saturated carbocycles. The summed E-state index contributed by atoms with van der Waals surface area (Å²) >= 11 is 6.25. The molecule has 3 rings (SSSR count). The van der Waals surface area contributed by atoms with Gasteiger partial charge in [-0.1, -0.05) is 23.7 Å². The number of rotatable bonds is 4. The zero-order chi connectivity index (χ0) is 18.0. The Bertz CT molecular complexity index is 1030. The Morgan fingerprint density at radius 3 is 2.60 bits per heavy atom. The smallest absolute Gasteiger partial charge is 0.259 e. The molecule has 0 bridgehead atoms. The number of H-pyrrole nitrogens is 1. The lowest BCUT2D eigenvalue weighted by molar-refractivity contribution is 0.355. The lowest BCUT2D eigenvalue weighted by Gasteiger charge is -2.09. The lowest BCUT2D eigenvalue weighted by atomic mass is 10.2. The summed E-state index contributed by atoms with van der Waals surface area (Å²) in [6.45, 7) is 0. The van der Waals surface area contributed by atoms with Gasteiger partial charge in [-0.2, -0.15) is 0 Å². The van der Waals surface area contributed by atoms with Crippen molar-refractivity contribution in [3.05, 3.63) is 64.0 Å². The van der Waals surface area contributed by atoms with E-state index in [1.165, 1.54) is 32.4 Å². The highest BCUT2D eigenvalue weighted by atomic mass is 35.5. The summed E-state index contributed by atoms with van der Waals surface area (Å²) in [5.74, 6) is 0.673. The third kappa shape index (κ3) is 3.49. The first-order chi connectivity index (χ1) is 12.0. The Morgan fingerprint density at radius 1 is 1.20 bits per heavy atom. The minimum atomic E-state index is -0.380. The minimum Gasteiger partial charge on any atom is -0.493 e. The van der Waals surface area contributed by atoms with Gasteiger partial charge in [-0.05, 0) is 29.8 Å². The first-order valence-electron chi connectivity index (χ1n) is 7.31. The maximum absolute atomic E-state index is 13.3. The van der Waals surface area contributed by atoms with Crippen molar-refractivity contribution in [2.45, 2.75) is 0 Å². The fourth-order valence-corrected chi connectivity index (χ4v) is 2.61. The van der Waals surface area contributed by atoms with Crippen molar-refractivity contribution in [1.29, 1.82) is 0 Å². The number of aromatic amines is 1. The molecule has 0 atom stereocenters. The van der Waals surface area contributed by atoms with Crippen LogP contribution in [0, 0.1) is 5.82 Å². The van der Waals surface area contributed by atoms with E-state index in [1.54, 1.807) is 24.3 Å². The number of nitrogens with one attached hydrogen (secondary N) is 1. The first-order valence-corrected chi connectivity index (χ1v) is 7.69. The quantitative estimate of drug-likeness (QED) is 0.768. The van der Waals surface area contributed by atoms with Gasteiger partial charge < -0.3 is 14.5 Å². The van der Waals surface area contributed by atoms with Gasteiger partial charge in [0.15, 0.2) is 17.3 Å². The van der Waals surface area contributed by atoms with E-state index in [2.05, 4.69) is 9.97 Å². The highest BCUT2D eigenvalue weighted by molar-refractivity contribution is 6.50. The van der Waals surface area contributed by atoms with E-state index in [4.69, 9.17) is 21.1 Å². The van der Waals surface area contributed by atoms with Gasteiger partial charge in [0.05, 0.1) is 30.2 Å². The zero-order valence-electron chi connectivity index (χ0n) is 13.5. The van der Waals surface area contributed by atoms with E-state index in [0.717, 1.165) is 0 Å². The van der Waals surface area contributed by atoms with Gasteiger partial charge in [0.2, 0.25) is 0 Å². The molecule has 0 amide bonds. The average Bonchev–Trinajstić information content (AvgIpc) is 2.60. The molecule has 1 heterocycles. The zero-order valence-corrected chi connectivity index (χ0v) is 14.2. The maximum atomic E-state index is 13.3. The standard InChI is InChI=1S/C18H14ClFN2O3/c1-24-15-8-12-14(9-16(15)25-2)21-17(22-18(12)23)13(19)7-10-4-3-5-11(20)6-10/h3-9H,1-2H3,(H,21,22,23)/b13-7-. The molecule has 128 valence electrons. The molecule has 0 spiro atoms. The van der Waals surface area contributed by atoms with E-state index in [9.17, 15) is 9.18 Å². The second kappa shape index (κ2) is 6.94. The fraction of sp³-hybridized carbons (Fsp3) is 0.111. The molecule has 0 aliphatic carbocycles. The fourth-order valence-electron chi connectivity index (χ4n) is 2.39. The van der Waals surface area contributed by atoms with Crippen LogP contribution in [0.4, 0.5) is 4.39 Å². The molecule has 0 fully saturated rings. The van der Waals surface area contributed by atoms with Crippen molar-refractivity contribution >= 4 is 33.6 Å². The second-order valence-electron chi connectivity index (χ2n) is 5.19. The van der Waals surface area contributed by atoms with Crippen LogP contribution in [0.1, 0.15) is 11.4 Å². The Kier molecular flexibility index (Phi) is 4.72. The molecule has 0 unspecified atom stereocenters. The van der Waals surface area contributed by atoms with Crippen LogP contribution < -0.4 is 15.0 Å². The normalized spacial score (nSPS) is 11.6. The topological polar surface area (TPSA) is 64.2 Å². The number of hydrogen-bond acceptors (Lipinski definition) is 4. The molecule has 5 nitrogen and oxygen atoms in total. The molecule has 0 saturated heterocycles. The van der Waals surface area contributed by atoms with Gasteiger partial charge in [-0.3, -0.25) is 4.79 Å². The summed E-state index contributed by atoms with van der Waals surface area (Å²) in [6, 6.07) is 9.07. The molecule has 1 aromatic heterocycles. The third-order valence-electron chi connectivity index (χ3n) is 3.58. The Hall–Kier alpha value is -2.86. The second-order valence-corrected chi connectivity index (χ2v) is 5.59. The van der Waals surface area contributed by atoms with Crippen molar-refractivity contribution in [2.75, 3.05) is 14.2 Å². The predicted molar refractivity (Wildman–Crippen MR) is 95.6 cm³/mol. The number of aromatic nitrogens is 2. The Morgan fingerprint density at radius 2 is 1.92 bits per heavy atom. The molecular formula is C18H14ClFN2O3. The summed E-state index contributed by atoms with van der Waals surface area (Å²) in [6.07, 6.45) is 1.52. The predicted octanol–water partition coefficient (Wildman–Crippen LogP) is 3.82. The molecule has 25 heavy (non-hydrogen) atoms. The number of ether oxygens (including phenoxy) is 2. The maximum Gasteiger partial charge on any atom is 0.259 e. The summed E-state index contributed by atoms with van der Waals surface area (Å²) < 4.78 is 23.7. The number of nitrogens with zero attached hydrogens (tertiary/aromatic N) is 1. The van der Waals surface area contributed by atoms with Crippen molar-refractivity contribution < 1.29 is 13.9 Å². The number of fused-ring (bicyclic) bond motifs is 1. The third-order valence-corrected chi connectivity index (χ3v) is 3.87. The van der Waals surface area contributed by atoms with Crippen molar-refractivity contribution in [3.8, 4) is 11.5 Å². The van der Waals surface area contributed by atoms with Crippen LogP contribution in [0.2, 0.25) is 0 Å². The van der Waals surface area contributed by atoms with Gasteiger partial charge >= 0.3 is 0 Å². The van der Waals surface area contributed by atoms with Crippen molar-refractivity contribution in [1.82, 2.24) is 9.97 Å². The molecule has 3 aromatic rings. The summed E-state index contributed by atoms with van der Waals surface area (Å²) in [5, 5.41) is 0.524. The van der Waals surface area contributed by atoms with Crippen LogP contribution in [0.15, 0.2) is 41.2 Å². The number of benzene rings is 2. The number of methoxy groups -OCH3 is 2. The SMILES string of the molecule is COc1cc2nc(/C(Cl)=C/c3cccc(F)c3)[nH]c(=O)c2cc1OC. The van der Waals surface area contributed by atoms with Gasteiger partial charge in [0.1, 0.15) is 5.82 Å². The van der Waals surface area contributed by atoms with E-state index >= 15 is 0 Å². The molecule has 0 aliphatic heterocycles. The molecule has 1 N–H and O–H groups in total. The van der Waals surface area contributed by atoms with Crippen LogP contribution >= 0.6 is 11.6 Å². The molecular weight excluding hydrogens is 347 g/mol. The van der Waals surface area contributed by atoms with Crippen LogP contribution in [-0.2, 0) is 0 Å². The highest BCUT2D eigenvalue weighted by Gasteiger charge is 2.12. The van der Waals surface area contributed by atoms with E-state index in [1.807, 2.05) is 0 Å². The Labute approximate surface area is 147 Å². The molecule has 2 aromatic carbocycles. The van der Waals surface area contributed by atoms with Gasteiger partial charge in [-0.15, -0.1) is 0 Å². The van der Waals surface area contributed by atoms with Crippen LogP contribution in [0.5, 0.6) is 11.5 Å². The van der Waals surface area contributed by atoms with Crippen LogP contribution in [0.3, 0.4) is 0 Å². The largest absolute Gasteiger partial charge is 0.493 e. The summed E-state index contributed by atoms with van der Waals surface area (Å²) in [4.78, 5) is 19.3. The lowest BCUT2D eigenvalue weighted by Crippen LogP contribution is -2.11. The van der Waals surface area contributed by atoms with Crippen LogP contribution in [0.25, 0.3) is 22.0 Å². The number of halogens is 2. The summed E-state index contributed by atoms with van der Waals surface area (Å²) in [7, 11) is 2.98. The molecule has 7 heteroatoms. The Balaban J connectivity index is 2.12. The van der Waals surface area contributed by atoms with Crippen molar-refractivity contribution in [3.63, 3.8) is 0 Å². The van der Waals surface area contributed by atoms with Gasteiger partial charge in [0, 0.05) is 6.07 Å². The van der Waals surface area contributed by atoms with Crippen LogP contribution in [-0.4, -0.2) is 24.2 Å².